The molecule has 70 valence electrons. The first-order valence-electron chi connectivity index (χ1n) is 3.82. The fraction of sp³-hybridized carbons (Fsp3) is 0.250. The standard InChI is InChI=1S/C8H10BClO3/c1-13-8-3-2-6(4-7(8)10)5-9(11)12/h2-4,11-12H,5H2,1H3. The predicted octanol–water partition coefficient (Wildman–Crippen LogP) is 0.903. The molecule has 0 aliphatic heterocycles. The van der Waals surface area contributed by atoms with Gasteiger partial charge in [0, 0.05) is 6.32 Å². The average Bonchev–Trinajstić information content (AvgIpc) is 2.03. The highest BCUT2D eigenvalue weighted by atomic mass is 35.5. The van der Waals surface area contributed by atoms with Crippen molar-refractivity contribution in [1.82, 2.24) is 0 Å². The molecular formula is C8H10BClO3. The summed E-state index contributed by atoms with van der Waals surface area (Å²) in [5, 5.41) is 17.9. The normalized spacial score (nSPS) is 9.85. The summed E-state index contributed by atoms with van der Waals surface area (Å²) in [6.45, 7) is 0. The molecule has 0 radical (unpaired) electrons. The van der Waals surface area contributed by atoms with Crippen LogP contribution in [0.15, 0.2) is 18.2 Å². The van der Waals surface area contributed by atoms with E-state index in [1.54, 1.807) is 18.2 Å². The Morgan fingerprint density at radius 2 is 2.15 bits per heavy atom. The van der Waals surface area contributed by atoms with E-state index in [-0.39, 0.29) is 6.32 Å². The van der Waals surface area contributed by atoms with Crippen molar-refractivity contribution in [3.05, 3.63) is 28.8 Å². The van der Waals surface area contributed by atoms with Gasteiger partial charge in [-0.15, -0.1) is 0 Å². The molecule has 13 heavy (non-hydrogen) atoms. The third-order valence-corrected chi connectivity index (χ3v) is 1.93. The van der Waals surface area contributed by atoms with Crippen molar-refractivity contribution in [2.24, 2.45) is 0 Å². The molecule has 0 spiro atoms. The quantitative estimate of drug-likeness (QED) is 0.713. The summed E-state index contributed by atoms with van der Waals surface area (Å²) in [5.74, 6) is 0.581. The van der Waals surface area contributed by atoms with Gasteiger partial charge in [0.25, 0.3) is 0 Å². The van der Waals surface area contributed by atoms with Crippen molar-refractivity contribution in [3.8, 4) is 5.75 Å². The van der Waals surface area contributed by atoms with Gasteiger partial charge in [0.2, 0.25) is 0 Å². The maximum atomic E-state index is 8.70. The minimum atomic E-state index is -1.34. The lowest BCUT2D eigenvalue weighted by atomic mass is 9.82. The number of hydrogen-bond acceptors (Lipinski definition) is 3. The zero-order chi connectivity index (χ0) is 9.84. The fourth-order valence-corrected chi connectivity index (χ4v) is 1.33. The smallest absolute Gasteiger partial charge is 0.456 e. The minimum absolute atomic E-state index is 0.170. The Kier molecular flexibility index (Phi) is 3.60. The van der Waals surface area contributed by atoms with Crippen molar-refractivity contribution in [3.63, 3.8) is 0 Å². The largest absolute Gasteiger partial charge is 0.495 e. The number of hydrogen-bond donors (Lipinski definition) is 2. The van der Waals surface area contributed by atoms with Gasteiger partial charge in [-0.05, 0) is 17.7 Å². The molecule has 0 aromatic heterocycles. The van der Waals surface area contributed by atoms with E-state index >= 15 is 0 Å². The Labute approximate surface area is 82.1 Å². The molecule has 0 heterocycles. The van der Waals surface area contributed by atoms with Crippen molar-refractivity contribution in [1.29, 1.82) is 0 Å². The molecule has 0 amide bonds. The van der Waals surface area contributed by atoms with Gasteiger partial charge >= 0.3 is 7.12 Å². The summed E-state index contributed by atoms with van der Waals surface area (Å²) in [5.41, 5.74) is 0.765. The molecule has 0 saturated heterocycles. The number of halogens is 1. The van der Waals surface area contributed by atoms with Crippen LogP contribution >= 0.6 is 11.6 Å². The molecule has 0 fully saturated rings. The van der Waals surface area contributed by atoms with E-state index in [0.717, 1.165) is 5.56 Å². The number of ether oxygens (including phenoxy) is 1. The van der Waals surface area contributed by atoms with Crippen LogP contribution in [-0.4, -0.2) is 24.3 Å². The molecule has 0 unspecified atom stereocenters. The van der Waals surface area contributed by atoms with E-state index in [2.05, 4.69) is 0 Å². The Morgan fingerprint density at radius 1 is 1.46 bits per heavy atom. The molecule has 0 bridgehead atoms. The van der Waals surface area contributed by atoms with E-state index in [0.29, 0.717) is 10.8 Å². The van der Waals surface area contributed by atoms with E-state index in [9.17, 15) is 0 Å². The molecule has 0 saturated carbocycles. The van der Waals surface area contributed by atoms with E-state index in [1.165, 1.54) is 7.11 Å². The van der Waals surface area contributed by atoms with E-state index in [4.69, 9.17) is 26.4 Å². The Balaban J connectivity index is 2.83. The lowest BCUT2D eigenvalue weighted by Gasteiger charge is -2.05. The molecule has 1 aromatic rings. The summed E-state index contributed by atoms with van der Waals surface area (Å²) in [6, 6.07) is 5.09. The Bertz CT molecular complexity index is 291. The predicted molar refractivity (Wildman–Crippen MR) is 51.9 cm³/mol. The SMILES string of the molecule is COc1ccc(CB(O)O)cc1Cl. The highest BCUT2D eigenvalue weighted by Gasteiger charge is 2.09. The molecule has 5 heteroatoms. The molecule has 1 aromatic carbocycles. The van der Waals surface area contributed by atoms with Crippen LogP contribution in [0, 0.1) is 0 Å². The monoisotopic (exact) mass is 200 g/mol. The van der Waals surface area contributed by atoms with Crippen LogP contribution < -0.4 is 4.74 Å². The van der Waals surface area contributed by atoms with Crippen LogP contribution in [0.25, 0.3) is 0 Å². The second-order valence-corrected chi connectivity index (χ2v) is 3.06. The van der Waals surface area contributed by atoms with Gasteiger partial charge in [0.1, 0.15) is 5.75 Å². The number of rotatable bonds is 3. The summed E-state index contributed by atoms with van der Waals surface area (Å²) in [6.07, 6.45) is 0.170. The van der Waals surface area contributed by atoms with Crippen LogP contribution in [0.3, 0.4) is 0 Å². The van der Waals surface area contributed by atoms with Crippen LogP contribution in [0.4, 0.5) is 0 Å². The lowest BCUT2D eigenvalue weighted by Crippen LogP contribution is -2.15. The van der Waals surface area contributed by atoms with Crippen LogP contribution in [0.1, 0.15) is 5.56 Å². The van der Waals surface area contributed by atoms with Gasteiger partial charge < -0.3 is 14.8 Å². The van der Waals surface area contributed by atoms with Gasteiger partial charge in [-0.3, -0.25) is 0 Å². The molecule has 0 atom stereocenters. The molecule has 2 N–H and O–H groups in total. The zero-order valence-electron chi connectivity index (χ0n) is 7.20. The Morgan fingerprint density at radius 3 is 2.62 bits per heavy atom. The van der Waals surface area contributed by atoms with Crippen molar-refractivity contribution in [2.75, 3.05) is 7.11 Å². The van der Waals surface area contributed by atoms with Gasteiger partial charge in [-0.2, -0.15) is 0 Å². The van der Waals surface area contributed by atoms with E-state index in [1.807, 2.05) is 0 Å². The lowest BCUT2D eigenvalue weighted by molar-refractivity contribution is 0.404. The molecule has 0 aliphatic carbocycles. The molecular weight excluding hydrogens is 190 g/mol. The van der Waals surface area contributed by atoms with Gasteiger partial charge in [-0.1, -0.05) is 17.7 Å². The second-order valence-electron chi connectivity index (χ2n) is 2.65. The minimum Gasteiger partial charge on any atom is -0.495 e. The third kappa shape index (κ3) is 2.92. The summed E-state index contributed by atoms with van der Waals surface area (Å²) >= 11 is 5.82. The third-order valence-electron chi connectivity index (χ3n) is 1.63. The number of methoxy groups -OCH3 is 1. The first kappa shape index (κ1) is 10.4. The summed E-state index contributed by atoms with van der Waals surface area (Å²) < 4.78 is 4.95. The van der Waals surface area contributed by atoms with Gasteiger partial charge in [0.05, 0.1) is 12.1 Å². The highest BCUT2D eigenvalue weighted by Crippen LogP contribution is 2.24. The molecule has 0 aliphatic rings. The summed E-state index contributed by atoms with van der Waals surface area (Å²) in [7, 11) is 0.186. The Hall–Kier alpha value is -0.705. The first-order valence-corrected chi connectivity index (χ1v) is 4.20. The van der Waals surface area contributed by atoms with Gasteiger partial charge in [0.15, 0.2) is 0 Å². The second kappa shape index (κ2) is 4.51. The van der Waals surface area contributed by atoms with Crippen LogP contribution in [-0.2, 0) is 6.32 Å². The van der Waals surface area contributed by atoms with Gasteiger partial charge in [-0.25, -0.2) is 0 Å². The van der Waals surface area contributed by atoms with Crippen molar-refractivity contribution in [2.45, 2.75) is 6.32 Å². The molecule has 1 rings (SSSR count). The average molecular weight is 200 g/mol. The van der Waals surface area contributed by atoms with E-state index < -0.39 is 7.12 Å². The van der Waals surface area contributed by atoms with Crippen molar-refractivity contribution < 1.29 is 14.8 Å². The maximum absolute atomic E-state index is 8.70. The summed E-state index contributed by atoms with van der Waals surface area (Å²) in [4.78, 5) is 0. The van der Waals surface area contributed by atoms with Crippen LogP contribution in [0.2, 0.25) is 5.02 Å². The van der Waals surface area contributed by atoms with Crippen LogP contribution in [0.5, 0.6) is 5.75 Å². The first-order chi connectivity index (χ1) is 6.13. The molecule has 3 nitrogen and oxygen atoms in total. The zero-order valence-corrected chi connectivity index (χ0v) is 7.95. The maximum Gasteiger partial charge on any atom is 0.456 e. The van der Waals surface area contributed by atoms with Crippen molar-refractivity contribution >= 4 is 18.7 Å². The fourth-order valence-electron chi connectivity index (χ4n) is 1.05. The topological polar surface area (TPSA) is 49.7 Å². The number of benzene rings is 1. The highest BCUT2D eigenvalue weighted by molar-refractivity contribution is 6.40.